The summed E-state index contributed by atoms with van der Waals surface area (Å²) in [6.45, 7) is 2.16. The van der Waals surface area contributed by atoms with Crippen molar-refractivity contribution >= 4 is 22.0 Å². The van der Waals surface area contributed by atoms with Crippen LogP contribution in [0.1, 0.15) is 38.2 Å². The van der Waals surface area contributed by atoms with Gasteiger partial charge in [-0.1, -0.05) is 38.3 Å². The fourth-order valence-electron chi connectivity index (χ4n) is 1.44. The molecule has 1 aromatic rings. The van der Waals surface area contributed by atoms with Crippen molar-refractivity contribution in [2.24, 2.45) is 0 Å². The average Bonchev–Trinajstić information content (AvgIpc) is 2.28. The van der Waals surface area contributed by atoms with Crippen LogP contribution in [0.15, 0.2) is 29.0 Å². The topological polar surface area (TPSA) is 33.1 Å². The van der Waals surface area contributed by atoms with Crippen LogP contribution in [0.3, 0.4) is 0 Å². The maximum atomic E-state index is 9.71. The molecule has 1 heterocycles. The number of nitrogens with zero attached hydrogens (tertiary/aromatic N) is 1. The number of rotatable bonds is 6. The summed E-state index contributed by atoms with van der Waals surface area (Å²) in [7, 11) is 0. The third-order valence-corrected chi connectivity index (χ3v) is 3.07. The van der Waals surface area contributed by atoms with Crippen molar-refractivity contribution in [3.05, 3.63) is 34.6 Å². The fraction of sp³-hybridized carbons (Fsp3) is 0.462. The molecule has 0 fully saturated rings. The first-order chi connectivity index (χ1) is 7.74. The molecule has 0 aliphatic rings. The predicted molar refractivity (Wildman–Crippen MR) is 71.1 cm³/mol. The number of aliphatic hydroxyl groups is 1. The van der Waals surface area contributed by atoms with Crippen LogP contribution in [0.5, 0.6) is 0 Å². The molecule has 0 saturated heterocycles. The van der Waals surface area contributed by atoms with Crippen LogP contribution in [0, 0.1) is 0 Å². The van der Waals surface area contributed by atoms with Gasteiger partial charge in [0.15, 0.2) is 0 Å². The third kappa shape index (κ3) is 4.90. The molecule has 0 radical (unpaired) electrons. The van der Waals surface area contributed by atoms with E-state index in [0.717, 1.165) is 22.9 Å². The Hall–Kier alpha value is -0.670. The minimum atomic E-state index is -0.341. The number of aliphatic hydroxyl groups excluding tert-OH is 1. The molecule has 88 valence electrons. The molecule has 1 unspecified atom stereocenters. The zero-order chi connectivity index (χ0) is 11.8. The van der Waals surface area contributed by atoms with Crippen molar-refractivity contribution in [3.63, 3.8) is 0 Å². The molecule has 0 aromatic carbocycles. The SMILES string of the molecule is CCCCCC(O)C=Cc1ccncc1Br. The summed E-state index contributed by atoms with van der Waals surface area (Å²) < 4.78 is 0.951. The van der Waals surface area contributed by atoms with E-state index in [0.29, 0.717) is 0 Å². The second-order valence-electron chi connectivity index (χ2n) is 3.82. The van der Waals surface area contributed by atoms with Crippen LogP contribution in [0.2, 0.25) is 0 Å². The lowest BCUT2D eigenvalue weighted by Crippen LogP contribution is -2.01. The van der Waals surface area contributed by atoms with Crippen LogP contribution in [-0.4, -0.2) is 16.2 Å². The van der Waals surface area contributed by atoms with Gasteiger partial charge in [0.05, 0.1) is 6.10 Å². The number of hydrogen-bond acceptors (Lipinski definition) is 2. The molecule has 1 N–H and O–H groups in total. The maximum Gasteiger partial charge on any atom is 0.0724 e. The first-order valence-corrected chi connectivity index (χ1v) is 6.49. The van der Waals surface area contributed by atoms with Crippen LogP contribution < -0.4 is 0 Å². The smallest absolute Gasteiger partial charge is 0.0724 e. The molecule has 1 rings (SSSR count). The lowest BCUT2D eigenvalue weighted by atomic mass is 10.1. The first-order valence-electron chi connectivity index (χ1n) is 5.69. The molecule has 0 saturated carbocycles. The van der Waals surface area contributed by atoms with Gasteiger partial charge in [-0.05, 0) is 34.0 Å². The molecule has 2 nitrogen and oxygen atoms in total. The van der Waals surface area contributed by atoms with Crippen molar-refractivity contribution in [3.8, 4) is 0 Å². The van der Waals surface area contributed by atoms with E-state index in [1.807, 2.05) is 18.2 Å². The molecule has 1 aromatic heterocycles. The van der Waals surface area contributed by atoms with Gasteiger partial charge in [0, 0.05) is 16.9 Å². The third-order valence-electron chi connectivity index (χ3n) is 2.41. The highest BCUT2D eigenvalue weighted by molar-refractivity contribution is 9.10. The predicted octanol–water partition coefficient (Wildman–Crippen LogP) is 3.80. The average molecular weight is 284 g/mol. The van der Waals surface area contributed by atoms with E-state index in [9.17, 15) is 5.11 Å². The number of pyridine rings is 1. The van der Waals surface area contributed by atoms with Gasteiger partial charge < -0.3 is 5.11 Å². The Morgan fingerprint density at radius 2 is 2.31 bits per heavy atom. The standard InChI is InChI=1S/C13H18BrNO/c1-2-3-4-5-12(16)7-6-11-8-9-15-10-13(11)14/h6-10,12,16H,2-5H2,1H3. The highest BCUT2D eigenvalue weighted by Crippen LogP contribution is 2.16. The van der Waals surface area contributed by atoms with Crippen molar-refractivity contribution in [1.29, 1.82) is 0 Å². The van der Waals surface area contributed by atoms with Crippen LogP contribution >= 0.6 is 15.9 Å². The highest BCUT2D eigenvalue weighted by Gasteiger charge is 1.99. The zero-order valence-corrected chi connectivity index (χ0v) is 11.2. The molecule has 0 amide bonds. The van der Waals surface area contributed by atoms with E-state index in [1.165, 1.54) is 12.8 Å². The van der Waals surface area contributed by atoms with Gasteiger partial charge in [-0.3, -0.25) is 4.98 Å². The molecule has 16 heavy (non-hydrogen) atoms. The van der Waals surface area contributed by atoms with Gasteiger partial charge in [-0.25, -0.2) is 0 Å². The molecule has 1 atom stereocenters. The second-order valence-corrected chi connectivity index (χ2v) is 4.67. The van der Waals surface area contributed by atoms with Crippen LogP contribution in [-0.2, 0) is 0 Å². The minimum absolute atomic E-state index is 0.341. The van der Waals surface area contributed by atoms with Crippen molar-refractivity contribution in [2.45, 2.75) is 38.7 Å². The normalized spacial score (nSPS) is 13.2. The largest absolute Gasteiger partial charge is 0.389 e. The van der Waals surface area contributed by atoms with Gasteiger partial charge in [0.1, 0.15) is 0 Å². The molecular weight excluding hydrogens is 266 g/mol. The Balaban J connectivity index is 2.44. The van der Waals surface area contributed by atoms with Gasteiger partial charge in [0.25, 0.3) is 0 Å². The summed E-state index contributed by atoms with van der Waals surface area (Å²) in [5, 5.41) is 9.71. The van der Waals surface area contributed by atoms with Gasteiger partial charge in [0.2, 0.25) is 0 Å². The van der Waals surface area contributed by atoms with E-state index in [1.54, 1.807) is 12.4 Å². The monoisotopic (exact) mass is 283 g/mol. The minimum Gasteiger partial charge on any atom is -0.389 e. The van der Waals surface area contributed by atoms with E-state index in [4.69, 9.17) is 0 Å². The van der Waals surface area contributed by atoms with Gasteiger partial charge >= 0.3 is 0 Å². The summed E-state index contributed by atoms with van der Waals surface area (Å²) in [6, 6.07) is 1.92. The Bertz CT molecular complexity index is 338. The van der Waals surface area contributed by atoms with E-state index < -0.39 is 0 Å². The zero-order valence-electron chi connectivity index (χ0n) is 9.56. The summed E-state index contributed by atoms with van der Waals surface area (Å²) in [4.78, 5) is 3.99. The quantitative estimate of drug-likeness (QED) is 0.806. The summed E-state index contributed by atoms with van der Waals surface area (Å²) >= 11 is 3.41. The van der Waals surface area contributed by atoms with Crippen molar-refractivity contribution in [2.75, 3.05) is 0 Å². The lowest BCUT2D eigenvalue weighted by molar-refractivity contribution is 0.209. The number of hydrogen-bond donors (Lipinski definition) is 1. The summed E-state index contributed by atoms with van der Waals surface area (Å²) in [6.07, 6.45) is 11.2. The van der Waals surface area contributed by atoms with E-state index in [2.05, 4.69) is 27.8 Å². The summed E-state index contributed by atoms with van der Waals surface area (Å²) in [5.74, 6) is 0. The summed E-state index contributed by atoms with van der Waals surface area (Å²) in [5.41, 5.74) is 1.05. The highest BCUT2D eigenvalue weighted by atomic mass is 79.9. The Morgan fingerprint density at radius 3 is 3.00 bits per heavy atom. The maximum absolute atomic E-state index is 9.71. The van der Waals surface area contributed by atoms with Crippen molar-refractivity contribution in [1.82, 2.24) is 4.98 Å². The Morgan fingerprint density at radius 1 is 1.50 bits per heavy atom. The molecule has 3 heteroatoms. The Kier molecular flexibility index (Phi) is 6.34. The number of unbranched alkanes of at least 4 members (excludes halogenated alkanes) is 2. The van der Waals surface area contributed by atoms with Crippen molar-refractivity contribution < 1.29 is 5.11 Å². The van der Waals surface area contributed by atoms with Crippen LogP contribution in [0.25, 0.3) is 6.08 Å². The molecule has 0 bridgehead atoms. The number of aromatic nitrogens is 1. The second kappa shape index (κ2) is 7.58. The van der Waals surface area contributed by atoms with Gasteiger partial charge in [-0.15, -0.1) is 0 Å². The molecule has 0 aliphatic carbocycles. The molecular formula is C13H18BrNO. The lowest BCUT2D eigenvalue weighted by Gasteiger charge is -2.04. The first kappa shape index (κ1) is 13.4. The van der Waals surface area contributed by atoms with E-state index >= 15 is 0 Å². The fourth-order valence-corrected chi connectivity index (χ4v) is 1.82. The number of halogens is 1. The van der Waals surface area contributed by atoms with E-state index in [-0.39, 0.29) is 6.10 Å². The Labute approximate surface area is 106 Å². The molecule has 0 spiro atoms. The molecule has 0 aliphatic heterocycles. The van der Waals surface area contributed by atoms with Crippen LogP contribution in [0.4, 0.5) is 0 Å². The van der Waals surface area contributed by atoms with Gasteiger partial charge in [-0.2, -0.15) is 0 Å².